The van der Waals surface area contributed by atoms with Crippen molar-refractivity contribution in [2.75, 3.05) is 0 Å². The zero-order valence-electron chi connectivity index (χ0n) is 6.74. The number of nitrogens with zero attached hydrogens (tertiary/aromatic N) is 1. The number of hydrogen-bond acceptors (Lipinski definition) is 3. The Labute approximate surface area is 79.9 Å². The van der Waals surface area contributed by atoms with Gasteiger partial charge in [-0.2, -0.15) is 0 Å². The Kier molecular flexibility index (Phi) is 3.22. The second kappa shape index (κ2) is 4.20. The maximum absolute atomic E-state index is 10.5. The van der Waals surface area contributed by atoms with Gasteiger partial charge in [-0.1, -0.05) is 6.07 Å². The van der Waals surface area contributed by atoms with Crippen molar-refractivity contribution in [2.24, 2.45) is 0 Å². The Morgan fingerprint density at radius 2 is 2.23 bits per heavy atom. The molecule has 0 saturated carbocycles. The Balaban J connectivity index is 3.18. The number of aliphatic hydroxyl groups excluding tert-OH is 1. The number of alkyl halides is 1. The molecule has 0 unspecified atom stereocenters. The van der Waals surface area contributed by atoms with E-state index in [1.807, 2.05) is 0 Å². The van der Waals surface area contributed by atoms with Crippen molar-refractivity contribution in [1.82, 2.24) is 0 Å². The van der Waals surface area contributed by atoms with E-state index in [2.05, 4.69) is 0 Å². The van der Waals surface area contributed by atoms with Crippen molar-refractivity contribution in [3.05, 3.63) is 39.4 Å². The topological polar surface area (TPSA) is 63.4 Å². The summed E-state index contributed by atoms with van der Waals surface area (Å²) >= 11 is 5.51. The molecule has 0 aliphatic carbocycles. The zero-order valence-corrected chi connectivity index (χ0v) is 7.49. The third-order valence-electron chi connectivity index (χ3n) is 1.67. The molecule has 70 valence electrons. The summed E-state index contributed by atoms with van der Waals surface area (Å²) < 4.78 is 0. The van der Waals surface area contributed by atoms with Gasteiger partial charge in [0.25, 0.3) is 5.69 Å². The lowest BCUT2D eigenvalue weighted by Crippen LogP contribution is -1.96. The lowest BCUT2D eigenvalue weighted by molar-refractivity contribution is -0.385. The van der Waals surface area contributed by atoms with Crippen molar-refractivity contribution in [2.45, 2.75) is 12.5 Å². The standard InChI is InChI=1S/C8H8ClNO3/c9-4-6-1-2-7(5-11)8(3-6)10(12)13/h1-3,11H,4-5H2. The maximum atomic E-state index is 10.5. The fourth-order valence-electron chi connectivity index (χ4n) is 0.996. The van der Waals surface area contributed by atoms with Crippen LogP contribution in [0.15, 0.2) is 18.2 Å². The summed E-state index contributed by atoms with van der Waals surface area (Å²) in [5.41, 5.74) is 0.894. The first-order valence-corrected chi connectivity index (χ1v) is 4.15. The van der Waals surface area contributed by atoms with Crippen LogP contribution in [0.1, 0.15) is 11.1 Å². The molecule has 1 aromatic carbocycles. The number of rotatable bonds is 3. The highest BCUT2D eigenvalue weighted by Crippen LogP contribution is 2.21. The largest absolute Gasteiger partial charge is 0.391 e. The zero-order chi connectivity index (χ0) is 9.84. The van der Waals surface area contributed by atoms with Crippen molar-refractivity contribution >= 4 is 17.3 Å². The minimum absolute atomic E-state index is 0.0827. The van der Waals surface area contributed by atoms with Gasteiger partial charge >= 0.3 is 0 Å². The summed E-state index contributed by atoms with van der Waals surface area (Å²) in [6.45, 7) is -0.334. The van der Waals surface area contributed by atoms with Gasteiger partial charge in [0.05, 0.1) is 17.1 Å². The summed E-state index contributed by atoms with van der Waals surface area (Å²) in [5.74, 6) is 0.229. The van der Waals surface area contributed by atoms with E-state index in [-0.39, 0.29) is 18.2 Å². The van der Waals surface area contributed by atoms with Crippen LogP contribution in [0.4, 0.5) is 5.69 Å². The number of aliphatic hydroxyl groups is 1. The van der Waals surface area contributed by atoms with E-state index < -0.39 is 4.92 Å². The van der Waals surface area contributed by atoms with Gasteiger partial charge in [0.2, 0.25) is 0 Å². The van der Waals surface area contributed by atoms with E-state index in [9.17, 15) is 10.1 Å². The molecule has 4 nitrogen and oxygen atoms in total. The number of benzene rings is 1. The fourth-order valence-corrected chi connectivity index (χ4v) is 1.16. The fraction of sp³-hybridized carbons (Fsp3) is 0.250. The van der Waals surface area contributed by atoms with E-state index in [1.165, 1.54) is 12.1 Å². The molecule has 1 N–H and O–H groups in total. The number of hydrogen-bond donors (Lipinski definition) is 1. The van der Waals surface area contributed by atoms with Gasteiger partial charge in [-0.15, -0.1) is 11.6 Å². The molecule has 0 atom stereocenters. The second-order valence-electron chi connectivity index (χ2n) is 2.51. The van der Waals surface area contributed by atoms with E-state index in [4.69, 9.17) is 16.7 Å². The number of nitro benzene ring substituents is 1. The molecular weight excluding hydrogens is 194 g/mol. The van der Waals surface area contributed by atoms with Gasteiger partial charge in [0.1, 0.15) is 0 Å². The van der Waals surface area contributed by atoms with E-state index in [0.717, 1.165) is 0 Å². The van der Waals surface area contributed by atoms with E-state index >= 15 is 0 Å². The molecule has 0 saturated heterocycles. The quantitative estimate of drug-likeness (QED) is 0.461. The first-order valence-electron chi connectivity index (χ1n) is 3.62. The Hall–Kier alpha value is -1.13. The van der Waals surface area contributed by atoms with Crippen LogP contribution in [0.3, 0.4) is 0 Å². The average molecular weight is 202 g/mol. The summed E-state index contributed by atoms with van der Waals surface area (Å²) in [4.78, 5) is 9.97. The Bertz CT molecular complexity index is 327. The van der Waals surface area contributed by atoms with Gasteiger partial charge in [-0.05, 0) is 11.6 Å². The predicted molar refractivity (Wildman–Crippen MR) is 48.6 cm³/mol. The molecule has 0 bridgehead atoms. The van der Waals surface area contributed by atoms with E-state index in [0.29, 0.717) is 11.1 Å². The molecular formula is C8H8ClNO3. The Morgan fingerprint density at radius 1 is 1.54 bits per heavy atom. The molecule has 0 aromatic heterocycles. The molecule has 5 heteroatoms. The van der Waals surface area contributed by atoms with Gasteiger partial charge in [0.15, 0.2) is 0 Å². The average Bonchev–Trinajstić information content (AvgIpc) is 2.16. The van der Waals surface area contributed by atoms with E-state index in [1.54, 1.807) is 6.07 Å². The predicted octanol–water partition coefficient (Wildman–Crippen LogP) is 1.83. The van der Waals surface area contributed by atoms with Crippen LogP contribution in [0.25, 0.3) is 0 Å². The first kappa shape index (κ1) is 9.95. The van der Waals surface area contributed by atoms with Gasteiger partial charge in [0, 0.05) is 11.9 Å². The lowest BCUT2D eigenvalue weighted by Gasteiger charge is -2.00. The molecule has 13 heavy (non-hydrogen) atoms. The van der Waals surface area contributed by atoms with Crippen LogP contribution < -0.4 is 0 Å². The SMILES string of the molecule is O=[N+]([O-])c1cc(CCl)ccc1CO. The highest BCUT2D eigenvalue weighted by molar-refractivity contribution is 6.17. The number of nitro groups is 1. The molecule has 0 heterocycles. The molecule has 0 amide bonds. The van der Waals surface area contributed by atoms with Crippen LogP contribution in [0.2, 0.25) is 0 Å². The minimum atomic E-state index is -0.526. The van der Waals surface area contributed by atoms with Crippen molar-refractivity contribution in [1.29, 1.82) is 0 Å². The lowest BCUT2D eigenvalue weighted by atomic mass is 10.1. The first-order chi connectivity index (χ1) is 6.19. The highest BCUT2D eigenvalue weighted by Gasteiger charge is 2.12. The van der Waals surface area contributed by atoms with Crippen LogP contribution in [-0.4, -0.2) is 10.0 Å². The van der Waals surface area contributed by atoms with Gasteiger partial charge < -0.3 is 5.11 Å². The van der Waals surface area contributed by atoms with Crippen LogP contribution >= 0.6 is 11.6 Å². The molecule has 0 radical (unpaired) electrons. The molecule has 1 aromatic rings. The maximum Gasteiger partial charge on any atom is 0.275 e. The highest BCUT2D eigenvalue weighted by atomic mass is 35.5. The molecule has 0 aliphatic rings. The molecule has 1 rings (SSSR count). The summed E-state index contributed by atoms with van der Waals surface area (Å²) in [7, 11) is 0. The molecule has 0 spiro atoms. The normalized spacial score (nSPS) is 10.0. The van der Waals surface area contributed by atoms with Crippen LogP contribution in [-0.2, 0) is 12.5 Å². The third-order valence-corrected chi connectivity index (χ3v) is 1.98. The van der Waals surface area contributed by atoms with Crippen molar-refractivity contribution < 1.29 is 10.0 Å². The van der Waals surface area contributed by atoms with Crippen molar-refractivity contribution in [3.63, 3.8) is 0 Å². The smallest absolute Gasteiger partial charge is 0.275 e. The summed E-state index contributed by atoms with van der Waals surface area (Å²) in [6, 6.07) is 4.54. The number of halogens is 1. The third kappa shape index (κ3) is 2.17. The second-order valence-corrected chi connectivity index (χ2v) is 2.78. The summed E-state index contributed by atoms with van der Waals surface area (Å²) in [6.07, 6.45) is 0. The molecule has 0 fully saturated rings. The van der Waals surface area contributed by atoms with Gasteiger partial charge in [-0.3, -0.25) is 10.1 Å². The van der Waals surface area contributed by atoms with Crippen molar-refractivity contribution in [3.8, 4) is 0 Å². The minimum Gasteiger partial charge on any atom is -0.391 e. The van der Waals surface area contributed by atoms with Crippen LogP contribution in [0.5, 0.6) is 0 Å². The molecule has 0 aliphatic heterocycles. The van der Waals surface area contributed by atoms with Crippen LogP contribution in [0, 0.1) is 10.1 Å². The Morgan fingerprint density at radius 3 is 2.69 bits per heavy atom. The summed E-state index contributed by atoms with van der Waals surface area (Å²) in [5, 5.41) is 19.3. The van der Waals surface area contributed by atoms with Gasteiger partial charge in [-0.25, -0.2) is 0 Å². The monoisotopic (exact) mass is 201 g/mol.